The van der Waals surface area contributed by atoms with Crippen molar-refractivity contribution in [1.29, 1.82) is 5.41 Å². The largest absolute Gasteiger partial charge is 0.481 e. The average Bonchev–Trinajstić information content (AvgIpc) is 3.21. The molecule has 0 aromatic carbocycles. The van der Waals surface area contributed by atoms with Gasteiger partial charge in [0.15, 0.2) is 5.96 Å². The number of alkyl carbamates (subject to hydrolysis) is 1. The number of amides is 3. The Labute approximate surface area is 198 Å². The fourth-order valence-electron chi connectivity index (χ4n) is 3.48. The summed E-state index contributed by atoms with van der Waals surface area (Å²) in [7, 11) is 0. The fourth-order valence-corrected chi connectivity index (χ4v) is 3.48. The van der Waals surface area contributed by atoms with Gasteiger partial charge in [-0.25, -0.2) is 4.79 Å². The van der Waals surface area contributed by atoms with Crippen LogP contribution in [0.1, 0.15) is 59.3 Å². The topological polar surface area (TPSA) is 204 Å². The van der Waals surface area contributed by atoms with Gasteiger partial charge < -0.3 is 41.2 Å². The summed E-state index contributed by atoms with van der Waals surface area (Å²) >= 11 is 0. The molecular weight excluding hydrogens is 448 g/mol. The molecule has 0 aromatic rings. The molecule has 1 aliphatic rings. The molecule has 192 valence electrons. The number of nitrogens with zero attached hydrogens (tertiary/aromatic N) is 1. The molecule has 0 bridgehead atoms. The second-order valence-corrected chi connectivity index (χ2v) is 9.05. The predicted molar refractivity (Wildman–Crippen MR) is 122 cm³/mol. The van der Waals surface area contributed by atoms with Crippen molar-refractivity contribution in [3.05, 3.63) is 0 Å². The number of nitrogens with one attached hydrogen (secondary N) is 4. The van der Waals surface area contributed by atoms with Gasteiger partial charge in [-0.2, -0.15) is 0 Å². The third-order valence-electron chi connectivity index (χ3n) is 4.97. The summed E-state index contributed by atoms with van der Waals surface area (Å²) in [6.07, 6.45) is 0.911. The van der Waals surface area contributed by atoms with Crippen LogP contribution in [0.3, 0.4) is 0 Å². The summed E-state index contributed by atoms with van der Waals surface area (Å²) in [6, 6.07) is -2.81. The maximum absolute atomic E-state index is 13.2. The van der Waals surface area contributed by atoms with Crippen molar-refractivity contribution in [2.24, 2.45) is 5.73 Å². The van der Waals surface area contributed by atoms with Gasteiger partial charge in [0.05, 0.1) is 6.04 Å². The van der Waals surface area contributed by atoms with Gasteiger partial charge in [-0.05, 0) is 52.9 Å². The molecule has 3 amide bonds. The third-order valence-corrected chi connectivity index (χ3v) is 4.97. The van der Waals surface area contributed by atoms with Gasteiger partial charge >= 0.3 is 12.1 Å². The number of carboxylic acid groups (broad SMARTS) is 1. The molecule has 0 spiro atoms. The molecule has 0 aromatic heterocycles. The highest BCUT2D eigenvalue weighted by Crippen LogP contribution is 2.20. The minimum atomic E-state index is -1.18. The van der Waals surface area contributed by atoms with Crippen LogP contribution in [0.2, 0.25) is 0 Å². The van der Waals surface area contributed by atoms with Crippen LogP contribution in [-0.4, -0.2) is 82.9 Å². The monoisotopic (exact) mass is 484 g/mol. The molecular formula is C21H36N6O7. The van der Waals surface area contributed by atoms with Crippen LogP contribution in [0, 0.1) is 5.41 Å². The van der Waals surface area contributed by atoms with Crippen molar-refractivity contribution in [3.63, 3.8) is 0 Å². The SMILES string of the molecule is CC(C)(C)OC(=O)N[C@@H](CCC(=O)O)C(=O)N1CCC[C@H]1C(=O)N[C@H](C=O)CCCNC(=N)N. The van der Waals surface area contributed by atoms with E-state index in [-0.39, 0.29) is 25.3 Å². The van der Waals surface area contributed by atoms with E-state index in [4.69, 9.17) is 21.0 Å². The number of aldehydes is 1. The minimum absolute atomic E-state index is 0.168. The Balaban J connectivity index is 2.83. The third kappa shape index (κ3) is 10.5. The van der Waals surface area contributed by atoms with Gasteiger partial charge in [0.1, 0.15) is 24.0 Å². The molecule has 1 rings (SSSR count). The highest BCUT2D eigenvalue weighted by atomic mass is 16.6. The molecule has 3 atom stereocenters. The molecule has 1 aliphatic heterocycles. The second-order valence-electron chi connectivity index (χ2n) is 9.05. The summed E-state index contributed by atoms with van der Waals surface area (Å²) in [5.74, 6) is -2.41. The van der Waals surface area contributed by atoms with E-state index in [1.165, 1.54) is 4.90 Å². The van der Waals surface area contributed by atoms with Crippen LogP contribution in [0.15, 0.2) is 0 Å². The summed E-state index contributed by atoms with van der Waals surface area (Å²) in [6.45, 7) is 5.58. The highest BCUT2D eigenvalue weighted by molar-refractivity contribution is 5.92. The van der Waals surface area contributed by atoms with Crippen LogP contribution in [-0.2, 0) is 23.9 Å². The molecule has 0 aliphatic carbocycles. The lowest BCUT2D eigenvalue weighted by molar-refractivity contribution is -0.141. The number of carboxylic acids is 1. The zero-order chi connectivity index (χ0) is 25.9. The van der Waals surface area contributed by atoms with Crippen molar-refractivity contribution in [2.75, 3.05) is 13.1 Å². The Morgan fingerprint density at radius 2 is 1.91 bits per heavy atom. The molecule has 1 heterocycles. The molecule has 1 saturated heterocycles. The molecule has 13 heteroatoms. The highest BCUT2D eigenvalue weighted by Gasteiger charge is 2.38. The van der Waals surface area contributed by atoms with Crippen LogP contribution in [0.25, 0.3) is 0 Å². The Kier molecular flexibility index (Phi) is 11.3. The van der Waals surface area contributed by atoms with E-state index in [0.29, 0.717) is 38.5 Å². The number of hydrogen-bond acceptors (Lipinski definition) is 7. The van der Waals surface area contributed by atoms with E-state index in [1.54, 1.807) is 20.8 Å². The Hall–Kier alpha value is -3.38. The quantitative estimate of drug-likeness (QED) is 0.0928. The van der Waals surface area contributed by atoms with E-state index < -0.39 is 47.6 Å². The maximum Gasteiger partial charge on any atom is 0.408 e. The summed E-state index contributed by atoms with van der Waals surface area (Å²) in [5, 5.41) is 23.8. The number of nitrogens with two attached hydrogens (primary N) is 1. The van der Waals surface area contributed by atoms with E-state index in [1.807, 2.05) is 0 Å². The fraction of sp³-hybridized carbons (Fsp3) is 0.714. The predicted octanol–water partition coefficient (Wildman–Crippen LogP) is -0.318. The Bertz CT molecular complexity index is 767. The molecule has 0 saturated carbocycles. The molecule has 1 fully saturated rings. The van der Waals surface area contributed by atoms with Gasteiger partial charge in [-0.15, -0.1) is 0 Å². The van der Waals surface area contributed by atoms with Gasteiger partial charge in [0.2, 0.25) is 11.8 Å². The zero-order valence-electron chi connectivity index (χ0n) is 19.9. The van der Waals surface area contributed by atoms with Crippen molar-refractivity contribution in [1.82, 2.24) is 20.9 Å². The van der Waals surface area contributed by atoms with Gasteiger partial charge in [0, 0.05) is 19.5 Å². The average molecular weight is 485 g/mol. The smallest absolute Gasteiger partial charge is 0.408 e. The zero-order valence-corrected chi connectivity index (χ0v) is 19.9. The summed E-state index contributed by atoms with van der Waals surface area (Å²) < 4.78 is 5.18. The first-order chi connectivity index (χ1) is 15.8. The van der Waals surface area contributed by atoms with Crippen LogP contribution >= 0.6 is 0 Å². The summed E-state index contributed by atoms with van der Waals surface area (Å²) in [4.78, 5) is 62.0. The second kappa shape index (κ2) is 13.4. The van der Waals surface area contributed by atoms with Gasteiger partial charge in [-0.3, -0.25) is 19.8 Å². The number of ether oxygens (including phenoxy) is 1. The molecule has 13 nitrogen and oxygen atoms in total. The number of hydrogen-bond donors (Lipinski definition) is 6. The lowest BCUT2D eigenvalue weighted by Gasteiger charge is -2.30. The van der Waals surface area contributed by atoms with Gasteiger partial charge in [0.25, 0.3) is 0 Å². The summed E-state index contributed by atoms with van der Waals surface area (Å²) in [5.41, 5.74) is 4.39. The number of rotatable bonds is 12. The van der Waals surface area contributed by atoms with Crippen LogP contribution < -0.4 is 21.7 Å². The molecule has 0 radical (unpaired) electrons. The van der Waals surface area contributed by atoms with E-state index in [9.17, 15) is 24.0 Å². The minimum Gasteiger partial charge on any atom is -0.481 e. The van der Waals surface area contributed by atoms with Crippen molar-refractivity contribution >= 4 is 36.1 Å². The van der Waals surface area contributed by atoms with Crippen LogP contribution in [0.5, 0.6) is 0 Å². The first kappa shape index (κ1) is 28.7. The number of carbonyl (C=O) groups is 5. The molecule has 7 N–H and O–H groups in total. The van der Waals surface area contributed by atoms with Crippen molar-refractivity contribution in [2.45, 2.75) is 83.0 Å². The maximum atomic E-state index is 13.2. The van der Waals surface area contributed by atoms with E-state index >= 15 is 0 Å². The number of guanidine groups is 1. The lowest BCUT2D eigenvalue weighted by atomic mass is 10.1. The molecule has 0 unspecified atom stereocenters. The molecule has 34 heavy (non-hydrogen) atoms. The standard InChI is InChI=1S/C21H36N6O7/c1-21(2,3)34-20(33)26-14(8-9-16(29)30)18(32)27-11-5-7-15(27)17(31)25-13(12-28)6-4-10-24-19(22)23/h12-15H,4-11H2,1-3H3,(H,25,31)(H,26,33)(H,29,30)(H4,22,23,24)/t13-,14-,15-/m0/s1. The van der Waals surface area contributed by atoms with E-state index in [2.05, 4.69) is 16.0 Å². The van der Waals surface area contributed by atoms with E-state index in [0.717, 1.165) is 0 Å². The van der Waals surface area contributed by atoms with Crippen molar-refractivity contribution in [3.8, 4) is 0 Å². The van der Waals surface area contributed by atoms with Gasteiger partial charge in [-0.1, -0.05) is 0 Å². The number of carbonyl (C=O) groups excluding carboxylic acids is 4. The number of likely N-dealkylation sites (tertiary alicyclic amines) is 1. The normalized spacial score (nSPS) is 17.3. The lowest BCUT2D eigenvalue weighted by Crippen LogP contribution is -2.55. The number of aliphatic carboxylic acids is 1. The first-order valence-electron chi connectivity index (χ1n) is 11.2. The first-order valence-corrected chi connectivity index (χ1v) is 11.2. The Morgan fingerprint density at radius 1 is 1.24 bits per heavy atom. The Morgan fingerprint density at radius 3 is 2.47 bits per heavy atom. The van der Waals surface area contributed by atoms with Crippen molar-refractivity contribution < 1.29 is 33.8 Å². The van der Waals surface area contributed by atoms with Crippen LogP contribution in [0.4, 0.5) is 4.79 Å².